The molecule has 0 aromatic heterocycles. The zero-order chi connectivity index (χ0) is 9.84. The minimum atomic E-state index is 0.122. The third kappa shape index (κ3) is 2.67. The van der Waals surface area contributed by atoms with Gasteiger partial charge in [-0.25, -0.2) is 0 Å². The maximum absolute atomic E-state index is 11.3. The molecule has 1 saturated heterocycles. The summed E-state index contributed by atoms with van der Waals surface area (Å²) in [5.74, 6) is 0.166. The molecule has 1 fully saturated rings. The van der Waals surface area contributed by atoms with E-state index in [1.807, 2.05) is 25.7 Å². The Morgan fingerprint density at radius 3 is 2.92 bits per heavy atom. The van der Waals surface area contributed by atoms with E-state index in [0.29, 0.717) is 19.7 Å². The number of nitrogens with one attached hydrogen (secondary N) is 1. The molecule has 1 amide bonds. The topological polar surface area (TPSA) is 41.6 Å². The van der Waals surface area contributed by atoms with Gasteiger partial charge in [0.15, 0.2) is 0 Å². The Balaban J connectivity index is 2.38. The first-order valence-electron chi connectivity index (χ1n) is 4.79. The molecule has 1 aliphatic heterocycles. The van der Waals surface area contributed by atoms with Gasteiger partial charge in [0.25, 0.3) is 0 Å². The van der Waals surface area contributed by atoms with Crippen molar-refractivity contribution in [1.82, 2.24) is 10.2 Å². The highest BCUT2D eigenvalue weighted by molar-refractivity contribution is 5.80. The van der Waals surface area contributed by atoms with E-state index in [4.69, 9.17) is 4.74 Å². The predicted octanol–water partition coefficient (Wildman–Crippen LogP) is 0.189. The number of hydrogen-bond donors (Lipinski definition) is 1. The first kappa shape index (κ1) is 10.5. The Hall–Kier alpha value is -0.610. The minimum absolute atomic E-state index is 0.122. The molecule has 1 aliphatic rings. The second-order valence-corrected chi connectivity index (χ2v) is 3.37. The maximum Gasteiger partial charge on any atom is 0.237 e. The number of carbonyl (C=O) groups excluding carboxylic acids is 1. The van der Waals surface area contributed by atoms with Crippen molar-refractivity contribution in [2.24, 2.45) is 0 Å². The molecule has 2 unspecified atom stereocenters. The molecule has 2 atom stereocenters. The number of amides is 1. The molecule has 13 heavy (non-hydrogen) atoms. The van der Waals surface area contributed by atoms with Gasteiger partial charge >= 0.3 is 0 Å². The number of ether oxygens (including phenoxy) is 1. The maximum atomic E-state index is 11.3. The van der Waals surface area contributed by atoms with Crippen molar-refractivity contribution in [2.45, 2.75) is 33.0 Å². The highest BCUT2D eigenvalue weighted by Crippen LogP contribution is 2.06. The van der Waals surface area contributed by atoms with Crippen LogP contribution in [0.25, 0.3) is 0 Å². The highest BCUT2D eigenvalue weighted by Gasteiger charge is 2.27. The average Bonchev–Trinajstić information content (AvgIpc) is 2.36. The molecule has 0 aliphatic carbocycles. The number of rotatable bonds is 4. The van der Waals surface area contributed by atoms with Crippen LogP contribution in [0.4, 0.5) is 0 Å². The molecule has 76 valence electrons. The first-order valence-corrected chi connectivity index (χ1v) is 4.79. The van der Waals surface area contributed by atoms with Gasteiger partial charge < -0.3 is 9.64 Å². The van der Waals surface area contributed by atoms with Crippen LogP contribution in [0.1, 0.15) is 20.8 Å². The Morgan fingerprint density at radius 1 is 1.77 bits per heavy atom. The van der Waals surface area contributed by atoms with Gasteiger partial charge in [0.2, 0.25) is 5.91 Å². The van der Waals surface area contributed by atoms with Crippen molar-refractivity contribution >= 4 is 5.91 Å². The summed E-state index contributed by atoms with van der Waals surface area (Å²) < 4.78 is 5.38. The van der Waals surface area contributed by atoms with E-state index in [2.05, 4.69) is 5.32 Å². The van der Waals surface area contributed by atoms with Crippen LogP contribution in [0, 0.1) is 0 Å². The molecule has 0 aromatic rings. The largest absolute Gasteiger partial charge is 0.377 e. The third-order valence-electron chi connectivity index (χ3n) is 2.24. The van der Waals surface area contributed by atoms with E-state index < -0.39 is 0 Å². The zero-order valence-electron chi connectivity index (χ0n) is 8.54. The van der Waals surface area contributed by atoms with E-state index >= 15 is 0 Å². The van der Waals surface area contributed by atoms with Crippen molar-refractivity contribution in [1.29, 1.82) is 0 Å². The third-order valence-corrected chi connectivity index (χ3v) is 2.24. The van der Waals surface area contributed by atoms with Crippen LogP contribution in [-0.2, 0) is 9.53 Å². The number of nitrogens with zero attached hydrogens (tertiary/aromatic N) is 1. The Bertz CT molecular complexity index is 184. The highest BCUT2D eigenvalue weighted by atomic mass is 16.5. The molecule has 1 N–H and O–H groups in total. The zero-order valence-corrected chi connectivity index (χ0v) is 8.54. The lowest BCUT2D eigenvalue weighted by molar-refractivity contribution is -0.129. The van der Waals surface area contributed by atoms with Gasteiger partial charge in [-0.3, -0.25) is 10.1 Å². The van der Waals surface area contributed by atoms with Crippen molar-refractivity contribution in [3.8, 4) is 0 Å². The van der Waals surface area contributed by atoms with Gasteiger partial charge in [-0.1, -0.05) is 0 Å². The van der Waals surface area contributed by atoms with Gasteiger partial charge in [0.05, 0.1) is 18.8 Å². The van der Waals surface area contributed by atoms with Crippen molar-refractivity contribution < 1.29 is 9.53 Å². The fourth-order valence-corrected chi connectivity index (χ4v) is 1.54. The van der Waals surface area contributed by atoms with Crippen LogP contribution in [0.2, 0.25) is 0 Å². The van der Waals surface area contributed by atoms with Crippen molar-refractivity contribution in [3.05, 3.63) is 0 Å². The molecule has 0 aromatic carbocycles. The molecule has 4 nitrogen and oxygen atoms in total. The minimum Gasteiger partial charge on any atom is -0.377 e. The fraction of sp³-hybridized carbons (Fsp3) is 0.889. The second-order valence-electron chi connectivity index (χ2n) is 3.37. The van der Waals surface area contributed by atoms with Gasteiger partial charge in [0.1, 0.15) is 0 Å². The Kier molecular flexibility index (Phi) is 3.69. The van der Waals surface area contributed by atoms with Crippen LogP contribution in [0.3, 0.4) is 0 Å². The van der Waals surface area contributed by atoms with Crippen LogP contribution < -0.4 is 5.32 Å². The molecule has 0 bridgehead atoms. The lowest BCUT2D eigenvalue weighted by atomic mass is 10.3. The van der Waals surface area contributed by atoms with Crippen LogP contribution in [0.5, 0.6) is 0 Å². The van der Waals surface area contributed by atoms with E-state index in [9.17, 15) is 4.79 Å². The summed E-state index contributed by atoms with van der Waals surface area (Å²) in [4.78, 5) is 13.2. The van der Waals surface area contributed by atoms with Gasteiger partial charge in [-0.15, -0.1) is 0 Å². The Morgan fingerprint density at radius 2 is 2.46 bits per heavy atom. The summed E-state index contributed by atoms with van der Waals surface area (Å²) in [7, 11) is 0. The summed E-state index contributed by atoms with van der Waals surface area (Å²) in [6.45, 7) is 7.78. The summed E-state index contributed by atoms with van der Waals surface area (Å²) in [5, 5.41) is 3.09. The normalized spacial score (nSPS) is 25.3. The summed E-state index contributed by atoms with van der Waals surface area (Å²) >= 11 is 0. The lowest BCUT2D eigenvalue weighted by Crippen LogP contribution is -2.40. The monoisotopic (exact) mass is 186 g/mol. The molecular weight excluding hydrogens is 168 g/mol. The Labute approximate surface area is 79.2 Å². The molecule has 0 radical (unpaired) electrons. The SMILES string of the molecule is CCOC(C)CN1C(=O)CNC1C. The van der Waals surface area contributed by atoms with E-state index in [-0.39, 0.29) is 18.2 Å². The molecule has 1 rings (SSSR count). The smallest absolute Gasteiger partial charge is 0.237 e. The average molecular weight is 186 g/mol. The quantitative estimate of drug-likeness (QED) is 0.681. The molecule has 1 heterocycles. The number of carbonyl (C=O) groups is 1. The van der Waals surface area contributed by atoms with Crippen LogP contribution in [0.15, 0.2) is 0 Å². The molecule has 0 saturated carbocycles. The summed E-state index contributed by atoms with van der Waals surface area (Å²) in [5.41, 5.74) is 0. The fourth-order valence-electron chi connectivity index (χ4n) is 1.54. The molecular formula is C9H18N2O2. The van der Waals surface area contributed by atoms with E-state index in [1.165, 1.54) is 0 Å². The number of hydrogen-bond acceptors (Lipinski definition) is 3. The van der Waals surface area contributed by atoms with E-state index in [1.54, 1.807) is 0 Å². The second kappa shape index (κ2) is 4.58. The van der Waals surface area contributed by atoms with Gasteiger partial charge in [0, 0.05) is 13.2 Å². The standard InChI is InChI=1S/C9H18N2O2/c1-4-13-7(2)6-11-8(3)10-5-9(11)12/h7-8,10H,4-6H2,1-3H3. The van der Waals surface area contributed by atoms with Gasteiger partial charge in [-0.05, 0) is 20.8 Å². The van der Waals surface area contributed by atoms with Crippen molar-refractivity contribution in [2.75, 3.05) is 19.7 Å². The van der Waals surface area contributed by atoms with Gasteiger partial charge in [-0.2, -0.15) is 0 Å². The molecule has 4 heteroatoms. The predicted molar refractivity (Wildman–Crippen MR) is 50.3 cm³/mol. The summed E-state index contributed by atoms with van der Waals surface area (Å²) in [6, 6.07) is 0. The molecule has 0 spiro atoms. The summed E-state index contributed by atoms with van der Waals surface area (Å²) in [6.07, 6.45) is 0.270. The lowest BCUT2D eigenvalue weighted by Gasteiger charge is -2.24. The first-order chi connectivity index (χ1) is 6.15. The van der Waals surface area contributed by atoms with E-state index in [0.717, 1.165) is 0 Å². The van der Waals surface area contributed by atoms with Crippen molar-refractivity contribution in [3.63, 3.8) is 0 Å². The van der Waals surface area contributed by atoms with Crippen LogP contribution >= 0.6 is 0 Å². The van der Waals surface area contributed by atoms with Crippen LogP contribution in [-0.4, -0.2) is 42.8 Å².